The van der Waals surface area contributed by atoms with Gasteiger partial charge in [-0.2, -0.15) is 0 Å². The highest BCUT2D eigenvalue weighted by molar-refractivity contribution is 6.01. The van der Waals surface area contributed by atoms with Gasteiger partial charge in [-0.3, -0.25) is 4.79 Å². The Bertz CT molecular complexity index is 868. The summed E-state index contributed by atoms with van der Waals surface area (Å²) >= 11 is 0. The van der Waals surface area contributed by atoms with Gasteiger partial charge in [0.1, 0.15) is 17.0 Å². The van der Waals surface area contributed by atoms with E-state index >= 15 is 0 Å². The van der Waals surface area contributed by atoms with Gasteiger partial charge in [-0.25, -0.2) is 0 Å². The summed E-state index contributed by atoms with van der Waals surface area (Å²) in [6, 6.07) is 17.9. The molecule has 0 bridgehead atoms. The van der Waals surface area contributed by atoms with Crippen molar-refractivity contribution in [3.63, 3.8) is 0 Å². The lowest BCUT2D eigenvalue weighted by molar-refractivity contribution is 0.0931. The fraction of sp³-hybridized carbons (Fsp3) is 0.158. The van der Waals surface area contributed by atoms with Crippen LogP contribution in [0.15, 0.2) is 59.1 Å². The Balaban J connectivity index is 1.62. The van der Waals surface area contributed by atoms with Gasteiger partial charge in [0.15, 0.2) is 0 Å². The molecule has 3 aromatic rings. The fourth-order valence-corrected chi connectivity index (χ4v) is 3.05. The summed E-state index contributed by atoms with van der Waals surface area (Å²) in [5.74, 6) is 0.399. The molecule has 23 heavy (non-hydrogen) atoms. The molecule has 1 aliphatic rings. The van der Waals surface area contributed by atoms with E-state index in [2.05, 4.69) is 22.6 Å². The van der Waals surface area contributed by atoms with Gasteiger partial charge in [-0.15, -0.1) is 0 Å². The van der Waals surface area contributed by atoms with Gasteiger partial charge in [-0.1, -0.05) is 59.8 Å². The first kappa shape index (κ1) is 13.8. The second-order valence-electron chi connectivity index (χ2n) is 5.76. The van der Waals surface area contributed by atoms with Crippen LogP contribution < -0.4 is 5.32 Å². The first-order valence-electron chi connectivity index (χ1n) is 7.64. The van der Waals surface area contributed by atoms with E-state index in [0.717, 1.165) is 12.0 Å². The molecule has 1 atom stereocenters. The van der Waals surface area contributed by atoms with E-state index in [1.165, 1.54) is 11.1 Å². The summed E-state index contributed by atoms with van der Waals surface area (Å²) in [4.78, 5) is 12.7. The van der Waals surface area contributed by atoms with Crippen LogP contribution in [0.5, 0.6) is 0 Å². The Morgan fingerprint density at radius 2 is 1.87 bits per heavy atom. The van der Waals surface area contributed by atoms with Crippen LogP contribution in [-0.2, 0) is 6.42 Å². The van der Waals surface area contributed by atoms with Gasteiger partial charge in [0.25, 0.3) is 5.91 Å². The Morgan fingerprint density at radius 1 is 1.13 bits per heavy atom. The summed E-state index contributed by atoms with van der Waals surface area (Å²) in [5.41, 5.74) is 4.47. The van der Waals surface area contributed by atoms with Crippen molar-refractivity contribution in [1.82, 2.24) is 10.5 Å². The number of amides is 1. The summed E-state index contributed by atoms with van der Waals surface area (Å²) in [5, 5.41) is 7.15. The standard InChI is InChI=1S/C19H16N2O2/c1-12-17(18(21-23-12)13-7-3-2-4-8-13)19(22)20-16-11-14-9-5-6-10-15(14)16/h2-10,16H,11H2,1H3,(H,20,22). The summed E-state index contributed by atoms with van der Waals surface area (Å²) in [6.07, 6.45) is 0.868. The maximum atomic E-state index is 12.7. The molecular weight excluding hydrogens is 288 g/mol. The van der Waals surface area contributed by atoms with Crippen LogP contribution in [0.2, 0.25) is 0 Å². The zero-order chi connectivity index (χ0) is 15.8. The minimum absolute atomic E-state index is 0.0663. The van der Waals surface area contributed by atoms with Crippen LogP contribution >= 0.6 is 0 Å². The molecule has 0 saturated heterocycles. The third-order valence-corrected chi connectivity index (χ3v) is 4.30. The van der Waals surface area contributed by atoms with E-state index in [1.54, 1.807) is 6.92 Å². The van der Waals surface area contributed by atoms with E-state index in [-0.39, 0.29) is 11.9 Å². The van der Waals surface area contributed by atoms with E-state index in [4.69, 9.17) is 4.52 Å². The van der Waals surface area contributed by atoms with Crippen molar-refractivity contribution in [3.05, 3.63) is 77.0 Å². The van der Waals surface area contributed by atoms with Crippen molar-refractivity contribution >= 4 is 5.91 Å². The molecule has 1 amide bonds. The van der Waals surface area contributed by atoms with Gasteiger partial charge in [0, 0.05) is 5.56 Å². The molecule has 0 spiro atoms. The molecule has 0 saturated carbocycles. The van der Waals surface area contributed by atoms with Crippen molar-refractivity contribution in [1.29, 1.82) is 0 Å². The Labute approximate surface area is 134 Å². The lowest BCUT2D eigenvalue weighted by atomic mass is 9.83. The Morgan fingerprint density at radius 3 is 2.65 bits per heavy atom. The monoisotopic (exact) mass is 304 g/mol. The first-order valence-corrected chi connectivity index (χ1v) is 7.64. The van der Waals surface area contributed by atoms with Crippen molar-refractivity contribution in [3.8, 4) is 11.3 Å². The third-order valence-electron chi connectivity index (χ3n) is 4.30. The van der Waals surface area contributed by atoms with Gasteiger partial charge < -0.3 is 9.84 Å². The number of benzene rings is 2. The van der Waals surface area contributed by atoms with Crippen molar-refractivity contribution < 1.29 is 9.32 Å². The number of hydrogen-bond acceptors (Lipinski definition) is 3. The van der Waals surface area contributed by atoms with Crippen molar-refractivity contribution in [2.24, 2.45) is 0 Å². The smallest absolute Gasteiger partial charge is 0.257 e. The molecule has 114 valence electrons. The largest absolute Gasteiger partial charge is 0.360 e. The van der Waals surface area contributed by atoms with E-state index < -0.39 is 0 Å². The fourth-order valence-electron chi connectivity index (χ4n) is 3.05. The van der Waals surface area contributed by atoms with Gasteiger partial charge in [0.2, 0.25) is 0 Å². The molecule has 1 aromatic heterocycles. The molecule has 4 nitrogen and oxygen atoms in total. The number of carbonyl (C=O) groups excluding carboxylic acids is 1. The highest BCUT2D eigenvalue weighted by Crippen LogP contribution is 2.33. The summed E-state index contributed by atoms with van der Waals surface area (Å²) in [6.45, 7) is 1.77. The molecule has 1 heterocycles. The second-order valence-corrected chi connectivity index (χ2v) is 5.76. The van der Waals surface area contributed by atoms with Crippen LogP contribution in [0.1, 0.15) is 33.3 Å². The lowest BCUT2D eigenvalue weighted by Crippen LogP contribution is -2.35. The maximum Gasteiger partial charge on any atom is 0.257 e. The molecule has 4 rings (SSSR count). The third kappa shape index (κ3) is 2.32. The molecule has 0 fully saturated rings. The number of aromatic nitrogens is 1. The summed E-state index contributed by atoms with van der Waals surface area (Å²) < 4.78 is 5.26. The number of fused-ring (bicyclic) bond motifs is 1. The molecule has 1 N–H and O–H groups in total. The molecule has 4 heteroatoms. The van der Waals surface area contributed by atoms with Crippen molar-refractivity contribution in [2.45, 2.75) is 19.4 Å². The Hall–Kier alpha value is -2.88. The van der Waals surface area contributed by atoms with Crippen LogP contribution in [0.4, 0.5) is 0 Å². The second kappa shape index (κ2) is 5.39. The van der Waals surface area contributed by atoms with Gasteiger partial charge in [-0.05, 0) is 24.5 Å². The predicted molar refractivity (Wildman–Crippen MR) is 87.0 cm³/mol. The number of rotatable bonds is 3. The highest BCUT2D eigenvalue weighted by Gasteiger charge is 2.29. The number of nitrogens with zero attached hydrogens (tertiary/aromatic N) is 1. The SMILES string of the molecule is Cc1onc(-c2ccccc2)c1C(=O)NC1Cc2ccccc21. The number of nitrogens with one attached hydrogen (secondary N) is 1. The van der Waals surface area contributed by atoms with E-state index in [1.807, 2.05) is 42.5 Å². The predicted octanol–water partition coefficient (Wildman–Crippen LogP) is 3.68. The topological polar surface area (TPSA) is 55.1 Å². The minimum atomic E-state index is -0.137. The summed E-state index contributed by atoms with van der Waals surface area (Å²) in [7, 11) is 0. The molecular formula is C19H16N2O2. The van der Waals surface area contributed by atoms with E-state index in [0.29, 0.717) is 17.0 Å². The maximum absolute atomic E-state index is 12.7. The highest BCUT2D eigenvalue weighted by atomic mass is 16.5. The molecule has 0 radical (unpaired) electrons. The number of carbonyl (C=O) groups is 1. The first-order chi connectivity index (χ1) is 11.2. The van der Waals surface area contributed by atoms with Crippen LogP contribution in [0.3, 0.4) is 0 Å². The van der Waals surface area contributed by atoms with Crippen LogP contribution in [-0.4, -0.2) is 11.1 Å². The van der Waals surface area contributed by atoms with Gasteiger partial charge in [0.05, 0.1) is 6.04 Å². The molecule has 1 aliphatic carbocycles. The van der Waals surface area contributed by atoms with E-state index in [9.17, 15) is 4.79 Å². The van der Waals surface area contributed by atoms with Crippen LogP contribution in [0, 0.1) is 6.92 Å². The number of aryl methyl sites for hydroxylation is 1. The number of hydrogen-bond donors (Lipinski definition) is 1. The molecule has 1 unspecified atom stereocenters. The minimum Gasteiger partial charge on any atom is -0.360 e. The van der Waals surface area contributed by atoms with Crippen molar-refractivity contribution in [2.75, 3.05) is 0 Å². The Kier molecular flexibility index (Phi) is 3.23. The normalized spacial score (nSPS) is 15.6. The van der Waals surface area contributed by atoms with Crippen LogP contribution in [0.25, 0.3) is 11.3 Å². The molecule has 2 aromatic carbocycles. The lowest BCUT2D eigenvalue weighted by Gasteiger charge is -2.30. The average molecular weight is 304 g/mol. The average Bonchev–Trinajstić information content (AvgIpc) is 2.95. The zero-order valence-corrected chi connectivity index (χ0v) is 12.7. The quantitative estimate of drug-likeness (QED) is 0.803. The molecule has 0 aliphatic heterocycles. The van der Waals surface area contributed by atoms with Gasteiger partial charge >= 0.3 is 0 Å². The zero-order valence-electron chi connectivity index (χ0n) is 12.7.